The predicted octanol–water partition coefficient (Wildman–Crippen LogP) is 1.38. The molecule has 1 amide bonds. The lowest BCUT2D eigenvalue weighted by Crippen LogP contribution is -2.36. The second-order valence-electron chi connectivity index (χ2n) is 4.90. The third kappa shape index (κ3) is 6.94. The maximum absolute atomic E-state index is 11.4. The summed E-state index contributed by atoms with van der Waals surface area (Å²) in [5.74, 6) is -0.0490. The molecule has 1 aromatic carbocycles. The van der Waals surface area contributed by atoms with Crippen LogP contribution >= 0.6 is 0 Å². The van der Waals surface area contributed by atoms with Gasteiger partial charge in [-0.3, -0.25) is 4.79 Å². The van der Waals surface area contributed by atoms with Gasteiger partial charge in [-0.15, -0.1) is 0 Å². The second kappa shape index (κ2) is 8.67. The van der Waals surface area contributed by atoms with Gasteiger partial charge in [0.25, 0.3) is 0 Å². The fraction of sp³-hybridized carbons (Fsp3) is 0.533. The van der Waals surface area contributed by atoms with Crippen molar-refractivity contribution in [3.8, 4) is 0 Å². The number of aliphatic hydroxyl groups excluding tert-OH is 1. The number of carbonyl (C=O) groups excluding carboxylic acids is 1. The lowest BCUT2D eigenvalue weighted by molar-refractivity contribution is -0.126. The second-order valence-corrected chi connectivity index (χ2v) is 4.90. The highest BCUT2D eigenvalue weighted by Crippen LogP contribution is 2.00. The minimum Gasteiger partial charge on any atom is -0.391 e. The zero-order valence-corrected chi connectivity index (χ0v) is 11.6. The van der Waals surface area contributed by atoms with Crippen molar-refractivity contribution in [1.29, 1.82) is 0 Å². The Kier molecular flexibility index (Phi) is 7.15. The SMILES string of the molecule is CC(C)C(O)CNC(=O)COCCc1ccccc1. The Morgan fingerprint density at radius 1 is 1.32 bits per heavy atom. The van der Waals surface area contributed by atoms with Crippen LogP contribution in [0.15, 0.2) is 30.3 Å². The molecule has 0 spiro atoms. The van der Waals surface area contributed by atoms with Crippen molar-refractivity contribution in [2.75, 3.05) is 19.8 Å². The van der Waals surface area contributed by atoms with Gasteiger partial charge in [-0.2, -0.15) is 0 Å². The Morgan fingerprint density at radius 3 is 2.63 bits per heavy atom. The summed E-state index contributed by atoms with van der Waals surface area (Å²) in [7, 11) is 0. The third-order valence-electron chi connectivity index (χ3n) is 2.89. The van der Waals surface area contributed by atoms with Crippen molar-refractivity contribution in [2.24, 2.45) is 5.92 Å². The molecule has 19 heavy (non-hydrogen) atoms. The Bertz CT molecular complexity index is 365. The average Bonchev–Trinajstić information content (AvgIpc) is 2.42. The molecule has 2 N–H and O–H groups in total. The van der Waals surface area contributed by atoms with Crippen LogP contribution in [-0.2, 0) is 16.0 Å². The summed E-state index contributed by atoms with van der Waals surface area (Å²) >= 11 is 0. The number of aliphatic hydroxyl groups is 1. The zero-order chi connectivity index (χ0) is 14.1. The molecule has 106 valence electrons. The van der Waals surface area contributed by atoms with Gasteiger partial charge in [0.2, 0.25) is 5.91 Å². The molecule has 0 fully saturated rings. The molecule has 0 radical (unpaired) electrons. The molecule has 4 heteroatoms. The van der Waals surface area contributed by atoms with Gasteiger partial charge in [-0.25, -0.2) is 0 Å². The first-order valence-corrected chi connectivity index (χ1v) is 6.66. The molecule has 1 aromatic rings. The summed E-state index contributed by atoms with van der Waals surface area (Å²) in [6, 6.07) is 9.99. The number of nitrogens with one attached hydrogen (secondary N) is 1. The molecular formula is C15H23NO3. The predicted molar refractivity (Wildman–Crippen MR) is 74.8 cm³/mol. The third-order valence-corrected chi connectivity index (χ3v) is 2.89. The molecule has 0 aromatic heterocycles. The van der Waals surface area contributed by atoms with Crippen LogP contribution in [0.1, 0.15) is 19.4 Å². The van der Waals surface area contributed by atoms with Gasteiger partial charge in [0.05, 0.1) is 12.7 Å². The molecule has 0 aliphatic rings. The first-order chi connectivity index (χ1) is 9.09. The summed E-state index contributed by atoms with van der Waals surface area (Å²) in [6.07, 6.45) is 0.288. The van der Waals surface area contributed by atoms with E-state index in [1.807, 2.05) is 44.2 Å². The zero-order valence-electron chi connectivity index (χ0n) is 11.6. The number of hydrogen-bond acceptors (Lipinski definition) is 3. The first-order valence-electron chi connectivity index (χ1n) is 6.66. The van der Waals surface area contributed by atoms with Crippen LogP contribution in [0.3, 0.4) is 0 Å². The van der Waals surface area contributed by atoms with Crippen molar-refractivity contribution in [3.05, 3.63) is 35.9 Å². The maximum atomic E-state index is 11.4. The van der Waals surface area contributed by atoms with E-state index in [1.54, 1.807) is 0 Å². The molecular weight excluding hydrogens is 242 g/mol. The van der Waals surface area contributed by atoms with E-state index >= 15 is 0 Å². The molecule has 1 unspecified atom stereocenters. The van der Waals surface area contributed by atoms with Crippen molar-refractivity contribution in [1.82, 2.24) is 5.32 Å². The van der Waals surface area contributed by atoms with Crippen LogP contribution in [0.5, 0.6) is 0 Å². The highest BCUT2D eigenvalue weighted by Gasteiger charge is 2.10. The summed E-state index contributed by atoms with van der Waals surface area (Å²) in [6.45, 7) is 4.65. The molecule has 0 aliphatic heterocycles. The standard InChI is InChI=1S/C15H23NO3/c1-12(2)14(17)10-16-15(18)11-19-9-8-13-6-4-3-5-7-13/h3-7,12,14,17H,8-11H2,1-2H3,(H,16,18). The van der Waals surface area contributed by atoms with Crippen LogP contribution < -0.4 is 5.32 Å². The Morgan fingerprint density at radius 2 is 2.00 bits per heavy atom. The quantitative estimate of drug-likeness (QED) is 0.698. The van der Waals surface area contributed by atoms with Crippen molar-refractivity contribution >= 4 is 5.91 Å². The molecule has 0 aliphatic carbocycles. The van der Waals surface area contributed by atoms with E-state index < -0.39 is 6.10 Å². The van der Waals surface area contributed by atoms with Crippen LogP contribution in [0.4, 0.5) is 0 Å². The molecule has 0 heterocycles. The van der Waals surface area contributed by atoms with Gasteiger partial charge in [-0.05, 0) is 17.9 Å². The highest BCUT2D eigenvalue weighted by molar-refractivity contribution is 5.77. The number of carbonyl (C=O) groups is 1. The smallest absolute Gasteiger partial charge is 0.246 e. The van der Waals surface area contributed by atoms with Crippen LogP contribution in [0.25, 0.3) is 0 Å². The Hall–Kier alpha value is -1.39. The highest BCUT2D eigenvalue weighted by atomic mass is 16.5. The van der Waals surface area contributed by atoms with Crippen molar-refractivity contribution in [2.45, 2.75) is 26.4 Å². The maximum Gasteiger partial charge on any atom is 0.246 e. The van der Waals surface area contributed by atoms with Crippen LogP contribution in [0.2, 0.25) is 0 Å². The van der Waals surface area contributed by atoms with Gasteiger partial charge in [0.15, 0.2) is 0 Å². The summed E-state index contributed by atoms with van der Waals surface area (Å²) in [5, 5.41) is 12.2. The fourth-order valence-corrected chi connectivity index (χ4v) is 1.50. The Labute approximate surface area is 114 Å². The van der Waals surface area contributed by atoms with Crippen LogP contribution in [0, 0.1) is 5.92 Å². The van der Waals surface area contributed by atoms with Crippen LogP contribution in [-0.4, -0.2) is 36.9 Å². The summed E-state index contributed by atoms with van der Waals surface area (Å²) in [4.78, 5) is 11.4. The van der Waals surface area contributed by atoms with E-state index in [-0.39, 0.29) is 25.0 Å². The number of benzene rings is 1. The first kappa shape index (κ1) is 15.7. The van der Waals surface area contributed by atoms with Gasteiger partial charge < -0.3 is 15.2 Å². The molecule has 1 rings (SSSR count). The molecule has 0 bridgehead atoms. The van der Waals surface area contributed by atoms with E-state index in [1.165, 1.54) is 5.56 Å². The minimum atomic E-state index is -0.506. The summed E-state index contributed by atoms with van der Waals surface area (Å²) in [5.41, 5.74) is 1.19. The van der Waals surface area contributed by atoms with Gasteiger partial charge in [0, 0.05) is 6.54 Å². The van der Waals surface area contributed by atoms with Gasteiger partial charge in [0.1, 0.15) is 6.61 Å². The number of hydrogen-bond donors (Lipinski definition) is 2. The molecule has 0 saturated carbocycles. The van der Waals surface area contributed by atoms with E-state index in [9.17, 15) is 9.90 Å². The lowest BCUT2D eigenvalue weighted by atomic mass is 10.1. The number of rotatable bonds is 8. The van der Waals surface area contributed by atoms with E-state index in [2.05, 4.69) is 5.32 Å². The number of ether oxygens (including phenoxy) is 1. The van der Waals surface area contributed by atoms with Crippen molar-refractivity contribution in [3.63, 3.8) is 0 Å². The normalized spacial score (nSPS) is 12.4. The fourth-order valence-electron chi connectivity index (χ4n) is 1.50. The summed E-state index contributed by atoms with van der Waals surface area (Å²) < 4.78 is 5.30. The monoisotopic (exact) mass is 265 g/mol. The average molecular weight is 265 g/mol. The van der Waals surface area contributed by atoms with Crippen molar-refractivity contribution < 1.29 is 14.6 Å². The van der Waals surface area contributed by atoms with Gasteiger partial charge in [-0.1, -0.05) is 44.2 Å². The van der Waals surface area contributed by atoms with E-state index in [4.69, 9.17) is 4.74 Å². The number of amides is 1. The molecule has 0 saturated heterocycles. The van der Waals surface area contributed by atoms with E-state index in [0.29, 0.717) is 6.61 Å². The Balaban J connectivity index is 2.08. The molecule has 4 nitrogen and oxygen atoms in total. The largest absolute Gasteiger partial charge is 0.391 e. The van der Waals surface area contributed by atoms with E-state index in [0.717, 1.165) is 6.42 Å². The molecule has 1 atom stereocenters. The van der Waals surface area contributed by atoms with Gasteiger partial charge >= 0.3 is 0 Å². The minimum absolute atomic E-state index is 0.0393. The topological polar surface area (TPSA) is 58.6 Å². The lowest BCUT2D eigenvalue weighted by Gasteiger charge is -2.15.